The highest BCUT2D eigenvalue weighted by atomic mass is 35.5. The lowest BCUT2D eigenvalue weighted by atomic mass is 9.98. The van der Waals surface area contributed by atoms with Gasteiger partial charge in [0.1, 0.15) is 10.2 Å². The van der Waals surface area contributed by atoms with Crippen LogP contribution in [0.4, 0.5) is 23.2 Å². The first-order valence-electron chi connectivity index (χ1n) is 11.4. The molecule has 4 rings (SSSR count). The second-order valence-corrected chi connectivity index (χ2v) is 11.8. The molecule has 13 heteroatoms. The molecule has 3 aromatic carbocycles. The third-order valence-electron chi connectivity index (χ3n) is 6.32. The van der Waals surface area contributed by atoms with Gasteiger partial charge in [0.25, 0.3) is 0 Å². The molecule has 0 heterocycles. The van der Waals surface area contributed by atoms with Crippen molar-refractivity contribution in [2.45, 2.75) is 29.3 Å². The molecule has 0 aromatic heterocycles. The van der Waals surface area contributed by atoms with Gasteiger partial charge < -0.3 is 5.32 Å². The molecule has 2 atom stereocenters. The maximum atomic E-state index is 14.0. The molecule has 3 aromatic rings. The van der Waals surface area contributed by atoms with Crippen LogP contribution in [0.1, 0.15) is 33.0 Å². The molecule has 1 N–H and O–H groups in total. The van der Waals surface area contributed by atoms with E-state index in [4.69, 9.17) is 58.0 Å². The molecule has 0 radical (unpaired) electrons. The van der Waals surface area contributed by atoms with Crippen LogP contribution in [0.25, 0.3) is 0 Å². The maximum Gasteiger partial charge on any atom is 0.450 e. The van der Waals surface area contributed by atoms with E-state index in [0.717, 1.165) is 12.1 Å². The van der Waals surface area contributed by atoms with E-state index in [9.17, 15) is 31.9 Å². The number of alkyl halides is 5. The largest absolute Gasteiger partial charge is 0.450 e. The van der Waals surface area contributed by atoms with E-state index < -0.39 is 57.6 Å². The lowest BCUT2D eigenvalue weighted by Crippen LogP contribution is -2.25. The number of nitrogens with one attached hydrogen (secondary N) is 1. The van der Waals surface area contributed by atoms with Crippen LogP contribution < -0.4 is 5.32 Å². The third-order valence-corrected chi connectivity index (χ3v) is 8.32. The van der Waals surface area contributed by atoms with E-state index in [1.54, 1.807) is 18.2 Å². The zero-order valence-corrected chi connectivity index (χ0v) is 23.7. The zero-order valence-electron chi connectivity index (χ0n) is 19.9. The lowest BCUT2D eigenvalue weighted by molar-refractivity contribution is -0.170. The number of hydrogen-bond acceptors (Lipinski definition) is 3. The Morgan fingerprint density at radius 3 is 2.17 bits per heavy atom. The molecule has 1 fully saturated rings. The number of ketones is 2. The van der Waals surface area contributed by atoms with Crippen molar-refractivity contribution in [2.24, 2.45) is 5.92 Å². The third kappa shape index (κ3) is 6.58. The van der Waals surface area contributed by atoms with Crippen LogP contribution in [0.15, 0.2) is 54.6 Å². The van der Waals surface area contributed by atoms with Gasteiger partial charge in [0.2, 0.25) is 11.7 Å². The number of hydrogen-bond donors (Lipinski definition) is 1. The number of benzene rings is 3. The SMILES string of the molecule is O=C(Cc1ccc(F)c(CC(=O)C(F)(F)F)c1)c1cc(NC(=O)[C@H]2[C@H](c3ccc(Cl)c(Cl)c3)C2(Cl)Cl)ccc1Cl. The van der Waals surface area contributed by atoms with Crippen molar-refractivity contribution in [3.63, 3.8) is 0 Å². The van der Waals surface area contributed by atoms with Gasteiger partial charge in [-0.15, -0.1) is 23.2 Å². The lowest BCUT2D eigenvalue weighted by Gasteiger charge is -2.11. The predicted molar refractivity (Wildman–Crippen MR) is 146 cm³/mol. The molecule has 1 aliphatic rings. The first kappa shape index (κ1) is 30.6. The summed E-state index contributed by atoms with van der Waals surface area (Å²) in [4.78, 5) is 37.3. The second kappa shape index (κ2) is 11.5. The van der Waals surface area contributed by atoms with Gasteiger partial charge in [-0.1, -0.05) is 53.0 Å². The topological polar surface area (TPSA) is 63.2 Å². The standard InChI is InChI=1S/C27H16Cl5F4NO3/c28-17-5-3-15(37-25(40)24-23(26(24,31)32)13-2-4-18(29)19(30)9-13)11-16(17)21(38)8-12-1-6-20(33)14(7-12)10-22(39)27(34,35)36/h1-7,9,11,23-24H,8,10H2,(H,37,40)/t23-,24+/m0/s1. The Morgan fingerprint density at radius 1 is 0.850 bits per heavy atom. The smallest absolute Gasteiger partial charge is 0.326 e. The zero-order chi connectivity index (χ0) is 29.6. The molecule has 210 valence electrons. The van der Waals surface area contributed by atoms with Crippen molar-refractivity contribution in [1.29, 1.82) is 0 Å². The van der Waals surface area contributed by atoms with Crippen LogP contribution in [0.3, 0.4) is 0 Å². The van der Waals surface area contributed by atoms with E-state index in [0.29, 0.717) is 10.6 Å². The predicted octanol–water partition coefficient (Wildman–Crippen LogP) is 8.41. The van der Waals surface area contributed by atoms with Gasteiger partial charge in [0.15, 0.2) is 5.78 Å². The average molecular weight is 656 g/mol. The van der Waals surface area contributed by atoms with Crippen LogP contribution in [0, 0.1) is 11.7 Å². The number of carbonyl (C=O) groups is 3. The first-order chi connectivity index (χ1) is 18.6. The van der Waals surface area contributed by atoms with E-state index in [-0.39, 0.29) is 33.3 Å². The summed E-state index contributed by atoms with van der Waals surface area (Å²) in [5, 5.41) is 3.30. The van der Waals surface area contributed by atoms with Crippen molar-refractivity contribution in [3.8, 4) is 0 Å². The van der Waals surface area contributed by atoms with Crippen molar-refractivity contribution in [2.75, 3.05) is 5.32 Å². The Bertz CT molecular complexity index is 1530. The number of amides is 1. The molecule has 0 spiro atoms. The molecule has 4 nitrogen and oxygen atoms in total. The summed E-state index contributed by atoms with van der Waals surface area (Å²) in [6.45, 7) is 0. The highest BCUT2D eigenvalue weighted by Crippen LogP contribution is 2.65. The summed E-state index contributed by atoms with van der Waals surface area (Å²) in [7, 11) is 0. The molecular formula is C27H16Cl5F4NO3. The Hall–Kier alpha value is -2.36. The monoisotopic (exact) mass is 653 g/mol. The highest BCUT2D eigenvalue weighted by molar-refractivity contribution is 6.53. The summed E-state index contributed by atoms with van der Waals surface area (Å²) in [5.74, 6) is -5.64. The second-order valence-electron chi connectivity index (χ2n) is 9.11. The molecule has 1 amide bonds. The Balaban J connectivity index is 1.48. The van der Waals surface area contributed by atoms with Crippen molar-refractivity contribution >= 4 is 81.2 Å². The number of Topliss-reactive ketones (excluding diaryl/α,β-unsaturated/α-hetero) is 2. The highest BCUT2D eigenvalue weighted by Gasteiger charge is 2.67. The van der Waals surface area contributed by atoms with Gasteiger partial charge in [-0.05, 0) is 53.1 Å². The minimum absolute atomic E-state index is 0.00319. The average Bonchev–Trinajstić information content (AvgIpc) is 3.45. The van der Waals surface area contributed by atoms with Gasteiger partial charge in [-0.2, -0.15) is 13.2 Å². The normalized spacial score (nSPS) is 17.8. The van der Waals surface area contributed by atoms with E-state index in [2.05, 4.69) is 5.32 Å². The van der Waals surface area contributed by atoms with Gasteiger partial charge >= 0.3 is 6.18 Å². The van der Waals surface area contributed by atoms with Crippen molar-refractivity contribution in [3.05, 3.63) is 97.7 Å². The summed E-state index contributed by atoms with van der Waals surface area (Å²) in [6, 6.07) is 12.1. The van der Waals surface area contributed by atoms with Crippen LogP contribution in [0.5, 0.6) is 0 Å². The fourth-order valence-corrected chi connectivity index (χ4v) is 5.60. The molecule has 0 bridgehead atoms. The maximum absolute atomic E-state index is 14.0. The van der Waals surface area contributed by atoms with Crippen molar-refractivity contribution < 1.29 is 31.9 Å². The van der Waals surface area contributed by atoms with Crippen molar-refractivity contribution in [1.82, 2.24) is 0 Å². The minimum atomic E-state index is -5.12. The molecule has 0 unspecified atom stereocenters. The molecule has 0 saturated heterocycles. The fourth-order valence-electron chi connectivity index (χ4n) is 4.24. The van der Waals surface area contributed by atoms with Crippen LogP contribution in [0.2, 0.25) is 15.1 Å². The van der Waals surface area contributed by atoms with E-state index in [1.165, 1.54) is 24.3 Å². The quantitative estimate of drug-likeness (QED) is 0.151. The Labute approximate surface area is 250 Å². The number of halogens is 9. The van der Waals surface area contributed by atoms with Gasteiger partial charge in [-0.25, -0.2) is 4.39 Å². The molecule has 0 aliphatic heterocycles. The Kier molecular flexibility index (Phi) is 8.79. The van der Waals surface area contributed by atoms with E-state index >= 15 is 0 Å². The molecule has 1 saturated carbocycles. The van der Waals surface area contributed by atoms with E-state index in [1.807, 2.05) is 0 Å². The summed E-state index contributed by atoms with van der Waals surface area (Å²) < 4.78 is 50.4. The molecule has 40 heavy (non-hydrogen) atoms. The summed E-state index contributed by atoms with van der Waals surface area (Å²) in [5.41, 5.74) is 0.487. The number of anilines is 1. The number of carbonyl (C=O) groups excluding carboxylic acids is 3. The summed E-state index contributed by atoms with van der Waals surface area (Å²) in [6.07, 6.45) is -6.68. The fraction of sp³-hybridized carbons (Fsp3) is 0.222. The molecule has 1 aliphatic carbocycles. The minimum Gasteiger partial charge on any atom is -0.326 e. The molecular weight excluding hydrogens is 640 g/mol. The summed E-state index contributed by atoms with van der Waals surface area (Å²) >= 11 is 31.0. The Morgan fingerprint density at radius 2 is 1.52 bits per heavy atom. The van der Waals surface area contributed by atoms with Gasteiger partial charge in [-0.3, -0.25) is 14.4 Å². The van der Waals surface area contributed by atoms with Crippen LogP contribution >= 0.6 is 58.0 Å². The van der Waals surface area contributed by atoms with Gasteiger partial charge in [0, 0.05) is 30.0 Å². The number of rotatable bonds is 8. The first-order valence-corrected chi connectivity index (χ1v) is 13.3. The van der Waals surface area contributed by atoms with Crippen LogP contribution in [-0.4, -0.2) is 28.0 Å². The van der Waals surface area contributed by atoms with Gasteiger partial charge in [0.05, 0.1) is 21.0 Å². The van der Waals surface area contributed by atoms with Crippen LogP contribution in [-0.2, 0) is 22.4 Å².